The minimum atomic E-state index is 0.0193. The zero-order chi connectivity index (χ0) is 14.7. The molecule has 3 heteroatoms. The maximum Gasteiger partial charge on any atom is 0.194 e. The lowest BCUT2D eigenvalue weighted by Gasteiger charge is -2.09. The van der Waals surface area contributed by atoms with Crippen LogP contribution in [-0.2, 0) is 12.8 Å². The molecule has 0 saturated heterocycles. The third-order valence-corrected chi connectivity index (χ3v) is 4.30. The maximum absolute atomic E-state index is 12.6. The highest BCUT2D eigenvalue weighted by molar-refractivity contribution is 9.10. The van der Waals surface area contributed by atoms with Gasteiger partial charge in [-0.05, 0) is 64.2 Å². The van der Waals surface area contributed by atoms with E-state index >= 15 is 0 Å². The van der Waals surface area contributed by atoms with Gasteiger partial charge in [-0.3, -0.25) is 4.79 Å². The molecule has 0 aliphatic carbocycles. The fourth-order valence-electron chi connectivity index (χ4n) is 2.27. The van der Waals surface area contributed by atoms with Crippen LogP contribution in [0.25, 0.3) is 0 Å². The highest BCUT2D eigenvalue weighted by atomic mass is 79.9. The van der Waals surface area contributed by atoms with E-state index in [1.54, 1.807) is 18.2 Å². The predicted molar refractivity (Wildman–Crippen MR) is 87.8 cm³/mol. The van der Waals surface area contributed by atoms with Gasteiger partial charge < -0.3 is 0 Å². The van der Waals surface area contributed by atoms with E-state index in [-0.39, 0.29) is 5.78 Å². The summed E-state index contributed by atoms with van der Waals surface area (Å²) in [4.78, 5) is 12.6. The number of hydrogen-bond donors (Lipinski definition) is 0. The Morgan fingerprint density at radius 1 is 1.05 bits per heavy atom. The fourth-order valence-corrected chi connectivity index (χ4v) is 3.13. The van der Waals surface area contributed by atoms with Crippen molar-refractivity contribution in [1.29, 1.82) is 0 Å². The predicted octanol–water partition coefficient (Wildman–Crippen LogP) is 5.46. The van der Waals surface area contributed by atoms with Crippen LogP contribution in [0.15, 0.2) is 40.9 Å². The summed E-state index contributed by atoms with van der Waals surface area (Å²) in [7, 11) is 0. The number of rotatable bonds is 4. The van der Waals surface area contributed by atoms with Crippen LogP contribution < -0.4 is 0 Å². The molecule has 2 rings (SSSR count). The van der Waals surface area contributed by atoms with Gasteiger partial charge in [-0.25, -0.2) is 0 Å². The van der Waals surface area contributed by atoms with Crippen molar-refractivity contribution in [2.75, 3.05) is 0 Å². The molecule has 104 valence electrons. The van der Waals surface area contributed by atoms with E-state index < -0.39 is 0 Å². The van der Waals surface area contributed by atoms with Gasteiger partial charge in [0.05, 0.1) is 0 Å². The standard InChI is InChI=1S/C17H16BrClO/c1-3-11-5-6-13(9-12(11)4-2)17(20)15-8-7-14(19)10-16(15)18/h5-10H,3-4H2,1-2H3. The van der Waals surface area contributed by atoms with Crippen molar-refractivity contribution in [1.82, 2.24) is 0 Å². The van der Waals surface area contributed by atoms with Crippen molar-refractivity contribution in [2.45, 2.75) is 26.7 Å². The summed E-state index contributed by atoms with van der Waals surface area (Å²) in [5.41, 5.74) is 3.91. The monoisotopic (exact) mass is 350 g/mol. The number of hydrogen-bond acceptors (Lipinski definition) is 1. The molecule has 2 aromatic rings. The topological polar surface area (TPSA) is 17.1 Å². The van der Waals surface area contributed by atoms with Crippen LogP contribution in [0.5, 0.6) is 0 Å². The molecule has 0 aliphatic heterocycles. The summed E-state index contributed by atoms with van der Waals surface area (Å²) in [6, 6.07) is 11.2. The highest BCUT2D eigenvalue weighted by Crippen LogP contribution is 2.25. The summed E-state index contributed by atoms with van der Waals surface area (Å²) >= 11 is 9.32. The first kappa shape index (κ1) is 15.3. The molecule has 0 bridgehead atoms. The van der Waals surface area contributed by atoms with Crippen molar-refractivity contribution in [3.05, 3.63) is 68.1 Å². The van der Waals surface area contributed by atoms with Gasteiger partial charge in [0.25, 0.3) is 0 Å². The van der Waals surface area contributed by atoms with Crippen LogP contribution in [0.2, 0.25) is 5.02 Å². The Bertz CT molecular complexity index is 649. The Balaban J connectivity index is 2.43. The number of carbonyl (C=O) groups excluding carboxylic acids is 1. The molecule has 0 aliphatic rings. The summed E-state index contributed by atoms with van der Waals surface area (Å²) in [6.45, 7) is 4.24. The Morgan fingerprint density at radius 3 is 2.35 bits per heavy atom. The van der Waals surface area contributed by atoms with E-state index in [9.17, 15) is 4.79 Å². The van der Waals surface area contributed by atoms with Gasteiger partial charge >= 0.3 is 0 Å². The number of ketones is 1. The fraction of sp³-hybridized carbons (Fsp3) is 0.235. The summed E-state index contributed by atoms with van der Waals surface area (Å²) in [5, 5.41) is 0.615. The van der Waals surface area contributed by atoms with Crippen LogP contribution >= 0.6 is 27.5 Å². The number of aryl methyl sites for hydroxylation is 2. The molecule has 0 N–H and O–H groups in total. The Kier molecular flexibility index (Phi) is 5.00. The van der Waals surface area contributed by atoms with Gasteiger partial charge in [0.1, 0.15) is 0 Å². The highest BCUT2D eigenvalue weighted by Gasteiger charge is 2.14. The van der Waals surface area contributed by atoms with Gasteiger partial charge in [-0.1, -0.05) is 37.6 Å². The van der Waals surface area contributed by atoms with Crippen molar-refractivity contribution < 1.29 is 4.79 Å². The second kappa shape index (κ2) is 6.55. The van der Waals surface area contributed by atoms with Crippen molar-refractivity contribution in [3.8, 4) is 0 Å². The van der Waals surface area contributed by atoms with E-state index in [1.807, 2.05) is 12.1 Å². The first-order valence-corrected chi connectivity index (χ1v) is 7.85. The van der Waals surface area contributed by atoms with Crippen LogP contribution in [0, 0.1) is 0 Å². The number of carbonyl (C=O) groups is 1. The molecule has 0 saturated carbocycles. The van der Waals surface area contributed by atoms with Gasteiger partial charge in [0, 0.05) is 20.6 Å². The molecule has 0 unspecified atom stereocenters. The lowest BCUT2D eigenvalue weighted by atomic mass is 9.96. The van der Waals surface area contributed by atoms with Crippen LogP contribution in [0.4, 0.5) is 0 Å². The second-order valence-corrected chi connectivity index (χ2v) is 5.93. The molecule has 0 atom stereocenters. The summed E-state index contributed by atoms with van der Waals surface area (Å²) < 4.78 is 0.729. The number of halogens is 2. The van der Waals surface area contributed by atoms with E-state index in [0.29, 0.717) is 10.6 Å². The van der Waals surface area contributed by atoms with E-state index in [1.165, 1.54) is 11.1 Å². The SMILES string of the molecule is CCc1ccc(C(=O)c2ccc(Cl)cc2Br)cc1CC. The van der Waals surface area contributed by atoms with Crippen molar-refractivity contribution in [2.24, 2.45) is 0 Å². The third-order valence-electron chi connectivity index (χ3n) is 3.41. The normalized spacial score (nSPS) is 10.6. The van der Waals surface area contributed by atoms with E-state index in [2.05, 4.69) is 35.8 Å². The van der Waals surface area contributed by atoms with Gasteiger partial charge in [-0.15, -0.1) is 0 Å². The minimum absolute atomic E-state index is 0.0193. The molecule has 0 aromatic heterocycles. The smallest absolute Gasteiger partial charge is 0.194 e. The lowest BCUT2D eigenvalue weighted by molar-refractivity contribution is 0.103. The van der Waals surface area contributed by atoms with Crippen LogP contribution in [0.1, 0.15) is 40.9 Å². The van der Waals surface area contributed by atoms with Gasteiger partial charge in [0.15, 0.2) is 5.78 Å². The van der Waals surface area contributed by atoms with Crippen molar-refractivity contribution >= 4 is 33.3 Å². The molecule has 0 fully saturated rings. The second-order valence-electron chi connectivity index (χ2n) is 4.64. The molecular weight excluding hydrogens is 336 g/mol. The first-order valence-electron chi connectivity index (χ1n) is 6.68. The molecule has 0 amide bonds. The Morgan fingerprint density at radius 2 is 1.75 bits per heavy atom. The zero-order valence-corrected chi connectivity index (χ0v) is 13.9. The van der Waals surface area contributed by atoms with E-state index in [0.717, 1.165) is 22.9 Å². The molecule has 1 nitrogen and oxygen atoms in total. The molecule has 0 radical (unpaired) electrons. The average molecular weight is 352 g/mol. The average Bonchev–Trinajstić information content (AvgIpc) is 2.45. The van der Waals surface area contributed by atoms with Gasteiger partial charge in [0.2, 0.25) is 0 Å². The maximum atomic E-state index is 12.6. The summed E-state index contributed by atoms with van der Waals surface area (Å²) in [5.74, 6) is 0.0193. The largest absolute Gasteiger partial charge is 0.289 e. The lowest BCUT2D eigenvalue weighted by Crippen LogP contribution is -2.04. The minimum Gasteiger partial charge on any atom is -0.289 e. The molecule has 0 spiro atoms. The van der Waals surface area contributed by atoms with Crippen LogP contribution in [-0.4, -0.2) is 5.78 Å². The summed E-state index contributed by atoms with van der Waals surface area (Å²) in [6.07, 6.45) is 1.92. The molecule has 20 heavy (non-hydrogen) atoms. The zero-order valence-electron chi connectivity index (χ0n) is 11.5. The van der Waals surface area contributed by atoms with E-state index in [4.69, 9.17) is 11.6 Å². The molecular formula is C17H16BrClO. The third kappa shape index (κ3) is 3.13. The van der Waals surface area contributed by atoms with Gasteiger partial charge in [-0.2, -0.15) is 0 Å². The Labute approximate surface area is 133 Å². The molecule has 0 heterocycles. The Hall–Kier alpha value is -1.12. The van der Waals surface area contributed by atoms with Crippen LogP contribution in [0.3, 0.4) is 0 Å². The number of benzene rings is 2. The molecule has 2 aromatic carbocycles. The first-order chi connectivity index (χ1) is 9.56. The quantitative estimate of drug-likeness (QED) is 0.669. The van der Waals surface area contributed by atoms with Crippen molar-refractivity contribution in [3.63, 3.8) is 0 Å².